The molecule has 7 heteroatoms. The van der Waals surface area contributed by atoms with Gasteiger partial charge >= 0.3 is 5.69 Å². The van der Waals surface area contributed by atoms with E-state index in [0.29, 0.717) is 16.4 Å². The van der Waals surface area contributed by atoms with Gasteiger partial charge < -0.3 is 4.57 Å². The molecule has 2 heterocycles. The molecule has 1 N–H and O–H groups in total. The largest absolute Gasteiger partial charge is 0.329 e. The Hall–Kier alpha value is -1.50. The summed E-state index contributed by atoms with van der Waals surface area (Å²) in [5.41, 5.74) is 0.203. The van der Waals surface area contributed by atoms with E-state index >= 15 is 0 Å². The van der Waals surface area contributed by atoms with E-state index in [1.54, 1.807) is 18.8 Å². The van der Waals surface area contributed by atoms with Crippen molar-refractivity contribution in [2.45, 2.75) is 63.4 Å². The van der Waals surface area contributed by atoms with Crippen molar-refractivity contribution in [3.8, 4) is 0 Å². The number of thioether (sulfide) groups is 1. The van der Waals surface area contributed by atoms with Crippen molar-refractivity contribution in [3.05, 3.63) is 20.8 Å². The predicted molar refractivity (Wildman–Crippen MR) is 90.7 cm³/mol. The van der Waals surface area contributed by atoms with Gasteiger partial charge in [-0.1, -0.05) is 45.4 Å². The summed E-state index contributed by atoms with van der Waals surface area (Å²) >= 11 is 1.66. The van der Waals surface area contributed by atoms with Gasteiger partial charge in [-0.05, 0) is 12.8 Å². The van der Waals surface area contributed by atoms with Gasteiger partial charge in [0, 0.05) is 18.8 Å². The van der Waals surface area contributed by atoms with Crippen LogP contribution >= 0.6 is 11.8 Å². The Morgan fingerprint density at radius 1 is 1.27 bits per heavy atom. The Labute approximate surface area is 133 Å². The van der Waals surface area contributed by atoms with Gasteiger partial charge in [0.2, 0.25) is 0 Å². The molecule has 0 saturated carbocycles. The molecule has 2 aromatic rings. The highest BCUT2D eigenvalue weighted by molar-refractivity contribution is 7.99. The zero-order valence-corrected chi connectivity index (χ0v) is 14.5. The van der Waals surface area contributed by atoms with Crippen molar-refractivity contribution in [3.63, 3.8) is 0 Å². The molecule has 122 valence electrons. The third-order valence-electron chi connectivity index (χ3n) is 3.84. The number of unbranched alkanes of at least 4 members (excludes halogenated alkanes) is 2. The number of nitrogens with one attached hydrogen (secondary N) is 1. The van der Waals surface area contributed by atoms with Crippen LogP contribution in [0.2, 0.25) is 0 Å². The maximum atomic E-state index is 12.2. The average Bonchev–Trinajstić information content (AvgIpc) is 2.84. The Morgan fingerprint density at radius 3 is 2.64 bits per heavy atom. The molecule has 0 bridgehead atoms. The van der Waals surface area contributed by atoms with E-state index in [1.807, 2.05) is 4.57 Å². The van der Waals surface area contributed by atoms with Crippen LogP contribution in [0.4, 0.5) is 0 Å². The number of rotatable bonds is 7. The SMILES string of the molecule is CCCCCn1c(S[C@@H](C)CC)nc2c1c(=O)[nH]c(=O)n2C. The molecule has 2 aromatic heterocycles. The molecule has 2 rings (SSSR count). The highest BCUT2D eigenvalue weighted by Gasteiger charge is 2.18. The molecular weight excluding hydrogens is 300 g/mol. The van der Waals surface area contributed by atoms with Gasteiger partial charge in [0.05, 0.1) is 0 Å². The topological polar surface area (TPSA) is 72.7 Å². The van der Waals surface area contributed by atoms with Crippen molar-refractivity contribution in [2.24, 2.45) is 7.05 Å². The Morgan fingerprint density at radius 2 is 2.00 bits per heavy atom. The molecule has 0 aliphatic heterocycles. The Bertz CT molecular complexity index is 759. The maximum Gasteiger partial charge on any atom is 0.329 e. The lowest BCUT2D eigenvalue weighted by Gasteiger charge is -2.11. The van der Waals surface area contributed by atoms with Crippen molar-refractivity contribution < 1.29 is 0 Å². The van der Waals surface area contributed by atoms with E-state index in [1.165, 1.54) is 4.57 Å². The van der Waals surface area contributed by atoms with Gasteiger partial charge in [-0.25, -0.2) is 9.78 Å². The second-order valence-electron chi connectivity index (χ2n) is 5.58. The number of H-pyrrole nitrogens is 1. The van der Waals surface area contributed by atoms with E-state index in [-0.39, 0.29) is 5.56 Å². The smallest absolute Gasteiger partial charge is 0.313 e. The molecule has 0 unspecified atom stereocenters. The van der Waals surface area contributed by atoms with Gasteiger partial charge in [-0.2, -0.15) is 0 Å². The summed E-state index contributed by atoms with van der Waals surface area (Å²) in [6, 6.07) is 0. The number of aryl methyl sites for hydroxylation is 2. The average molecular weight is 324 g/mol. The van der Waals surface area contributed by atoms with Crippen LogP contribution in [-0.4, -0.2) is 24.4 Å². The normalized spacial score (nSPS) is 12.9. The number of fused-ring (bicyclic) bond motifs is 1. The number of hydrogen-bond donors (Lipinski definition) is 1. The minimum Gasteiger partial charge on any atom is -0.313 e. The summed E-state index contributed by atoms with van der Waals surface area (Å²) in [5.74, 6) is 0. The zero-order valence-electron chi connectivity index (χ0n) is 13.7. The van der Waals surface area contributed by atoms with E-state index in [2.05, 4.69) is 30.7 Å². The summed E-state index contributed by atoms with van der Waals surface area (Å²) in [6.45, 7) is 7.18. The highest BCUT2D eigenvalue weighted by atomic mass is 32.2. The second-order valence-corrected chi connectivity index (χ2v) is 6.99. The highest BCUT2D eigenvalue weighted by Crippen LogP contribution is 2.27. The van der Waals surface area contributed by atoms with Gasteiger partial charge in [-0.3, -0.25) is 14.3 Å². The summed E-state index contributed by atoms with van der Waals surface area (Å²) in [6.07, 6.45) is 4.25. The second kappa shape index (κ2) is 7.17. The number of aromatic nitrogens is 4. The Balaban J connectivity index is 2.58. The molecule has 0 amide bonds. The Kier molecular flexibility index (Phi) is 5.50. The first-order chi connectivity index (χ1) is 10.5. The molecule has 0 radical (unpaired) electrons. The van der Waals surface area contributed by atoms with Crippen LogP contribution in [0.15, 0.2) is 14.7 Å². The number of hydrogen-bond acceptors (Lipinski definition) is 4. The van der Waals surface area contributed by atoms with Gasteiger partial charge in [0.1, 0.15) is 0 Å². The predicted octanol–water partition coefficient (Wildman–Crippen LogP) is 2.50. The number of imidazole rings is 1. The molecule has 22 heavy (non-hydrogen) atoms. The maximum absolute atomic E-state index is 12.2. The molecule has 0 saturated heterocycles. The zero-order chi connectivity index (χ0) is 16.3. The lowest BCUT2D eigenvalue weighted by atomic mass is 10.2. The quantitative estimate of drug-likeness (QED) is 0.627. The fourth-order valence-electron chi connectivity index (χ4n) is 2.30. The monoisotopic (exact) mass is 324 g/mol. The van der Waals surface area contributed by atoms with Crippen LogP contribution in [0.25, 0.3) is 11.2 Å². The van der Waals surface area contributed by atoms with Crippen LogP contribution in [0, 0.1) is 0 Å². The first-order valence-corrected chi connectivity index (χ1v) is 8.73. The van der Waals surface area contributed by atoms with Crippen molar-refractivity contribution in [2.75, 3.05) is 0 Å². The fourth-order valence-corrected chi connectivity index (χ4v) is 3.27. The van der Waals surface area contributed by atoms with E-state index in [9.17, 15) is 9.59 Å². The van der Waals surface area contributed by atoms with Gasteiger partial charge in [0.15, 0.2) is 16.3 Å². The fraction of sp³-hybridized carbons (Fsp3) is 0.667. The van der Waals surface area contributed by atoms with Crippen LogP contribution in [0.5, 0.6) is 0 Å². The summed E-state index contributed by atoms with van der Waals surface area (Å²) < 4.78 is 3.38. The summed E-state index contributed by atoms with van der Waals surface area (Å²) in [5, 5.41) is 1.24. The standard InChI is InChI=1S/C15H24N4O2S/c1-5-7-8-9-19-11-12(16-15(19)22-10(3)6-2)18(4)14(21)17-13(11)20/h10H,5-9H2,1-4H3,(H,17,20,21)/t10-/m0/s1. The number of nitrogens with zero attached hydrogens (tertiary/aromatic N) is 3. The van der Waals surface area contributed by atoms with Gasteiger partial charge in [0.25, 0.3) is 5.56 Å². The third-order valence-corrected chi connectivity index (χ3v) is 5.10. The van der Waals surface area contributed by atoms with Crippen LogP contribution in [0.3, 0.4) is 0 Å². The molecule has 0 aliphatic carbocycles. The van der Waals surface area contributed by atoms with E-state index < -0.39 is 5.69 Å². The molecule has 0 spiro atoms. The number of aromatic amines is 1. The molecular formula is C15H24N4O2S. The van der Waals surface area contributed by atoms with Gasteiger partial charge in [-0.15, -0.1) is 0 Å². The van der Waals surface area contributed by atoms with Crippen molar-refractivity contribution in [1.29, 1.82) is 0 Å². The van der Waals surface area contributed by atoms with Crippen molar-refractivity contribution >= 4 is 22.9 Å². The lowest BCUT2D eigenvalue weighted by Crippen LogP contribution is -2.29. The van der Waals surface area contributed by atoms with Crippen LogP contribution in [-0.2, 0) is 13.6 Å². The molecule has 0 fully saturated rings. The lowest BCUT2D eigenvalue weighted by molar-refractivity contribution is 0.577. The first-order valence-electron chi connectivity index (χ1n) is 7.85. The third kappa shape index (κ3) is 3.29. The van der Waals surface area contributed by atoms with Crippen LogP contribution < -0.4 is 11.2 Å². The summed E-state index contributed by atoms with van der Waals surface area (Å²) in [4.78, 5) is 30.9. The van der Waals surface area contributed by atoms with E-state index in [0.717, 1.165) is 37.4 Å². The minimum atomic E-state index is -0.421. The summed E-state index contributed by atoms with van der Waals surface area (Å²) in [7, 11) is 1.64. The molecule has 0 aliphatic rings. The van der Waals surface area contributed by atoms with E-state index in [4.69, 9.17) is 0 Å². The molecule has 6 nitrogen and oxygen atoms in total. The first kappa shape index (κ1) is 16.9. The molecule has 0 aromatic carbocycles. The minimum absolute atomic E-state index is 0.349. The molecule has 1 atom stereocenters. The van der Waals surface area contributed by atoms with Crippen LogP contribution in [0.1, 0.15) is 46.5 Å². The van der Waals surface area contributed by atoms with Crippen molar-refractivity contribution in [1.82, 2.24) is 19.1 Å².